The molecule has 0 bridgehead atoms. The van der Waals surface area contributed by atoms with Gasteiger partial charge < -0.3 is 4.74 Å². The van der Waals surface area contributed by atoms with Gasteiger partial charge in [0.25, 0.3) is 15.9 Å². The Balaban J connectivity index is 1.78. The number of nitrogens with one attached hydrogen (secondary N) is 1. The molecule has 3 rings (SSSR count). The number of ether oxygens (including phenoxy) is 1. The van der Waals surface area contributed by atoms with Gasteiger partial charge in [0.05, 0.1) is 31.8 Å². The highest BCUT2D eigenvalue weighted by molar-refractivity contribution is 7.89. The molecule has 1 saturated heterocycles. The number of nitrogens with zero attached hydrogens (tertiary/aromatic N) is 2. The first kappa shape index (κ1) is 20.2. The first-order valence-corrected chi connectivity index (χ1v) is 10.3. The third-order valence-electron chi connectivity index (χ3n) is 4.92. The second-order valence-corrected chi connectivity index (χ2v) is 8.49. The summed E-state index contributed by atoms with van der Waals surface area (Å²) in [6.45, 7) is 1.50. The second-order valence-electron chi connectivity index (χ2n) is 6.66. The van der Waals surface area contributed by atoms with Gasteiger partial charge in [0.15, 0.2) is 0 Å². The summed E-state index contributed by atoms with van der Waals surface area (Å²) in [6, 6.07) is 5.85. The fraction of sp³-hybridized carbons (Fsp3) is 0.588. The molecule has 1 saturated carbocycles. The number of amides is 1. The van der Waals surface area contributed by atoms with E-state index in [0.717, 1.165) is 22.9 Å². The Labute approximate surface area is 158 Å². The number of rotatable bonds is 8. The number of carbonyl (C=O) groups is 1. The molecule has 1 amide bonds. The van der Waals surface area contributed by atoms with Gasteiger partial charge in [-0.2, -0.15) is 0 Å². The summed E-state index contributed by atoms with van der Waals surface area (Å²) in [7, 11) is -2.72. The van der Waals surface area contributed by atoms with E-state index in [1.165, 1.54) is 7.11 Å². The zero-order valence-electron chi connectivity index (χ0n) is 15.2. The summed E-state index contributed by atoms with van der Waals surface area (Å²) in [5.41, 5.74) is 2.74. The van der Waals surface area contributed by atoms with E-state index in [9.17, 15) is 13.2 Å². The maximum Gasteiger partial charge on any atom is 0.265 e. The largest absolute Gasteiger partial charge is 0.379 e. The molecule has 1 aromatic rings. The Hall–Kier alpha value is -1.56. The molecule has 0 radical (unpaired) electrons. The average molecular weight is 399 g/mol. The molecule has 150 valence electrons. The van der Waals surface area contributed by atoms with Gasteiger partial charge in [-0.15, -0.1) is 0 Å². The highest BCUT2D eigenvalue weighted by Gasteiger charge is 2.35. The molecule has 0 unspecified atom stereocenters. The van der Waals surface area contributed by atoms with E-state index in [4.69, 9.17) is 14.8 Å². The van der Waals surface area contributed by atoms with E-state index in [1.807, 2.05) is 12.1 Å². The summed E-state index contributed by atoms with van der Waals surface area (Å²) in [5.74, 6) is -0.169. The van der Waals surface area contributed by atoms with Crippen molar-refractivity contribution in [2.24, 2.45) is 0 Å². The highest BCUT2D eigenvalue weighted by atomic mass is 32.2. The number of hydrogen-bond acceptors (Lipinski definition) is 7. The topological polar surface area (TPSA) is 108 Å². The van der Waals surface area contributed by atoms with E-state index < -0.39 is 22.0 Å². The zero-order chi connectivity index (χ0) is 19.4. The Morgan fingerprint density at radius 3 is 2.48 bits per heavy atom. The van der Waals surface area contributed by atoms with Crippen molar-refractivity contribution in [2.45, 2.75) is 29.7 Å². The third kappa shape index (κ3) is 4.65. The fourth-order valence-electron chi connectivity index (χ4n) is 3.19. The van der Waals surface area contributed by atoms with E-state index >= 15 is 0 Å². The zero-order valence-corrected chi connectivity index (χ0v) is 16.0. The van der Waals surface area contributed by atoms with Gasteiger partial charge in [-0.1, -0.05) is 16.6 Å². The smallest absolute Gasteiger partial charge is 0.265 e. The van der Waals surface area contributed by atoms with Crippen molar-refractivity contribution in [1.29, 1.82) is 0 Å². The molecule has 1 atom stereocenters. The van der Waals surface area contributed by atoms with Crippen LogP contribution in [0.2, 0.25) is 0 Å². The summed E-state index contributed by atoms with van der Waals surface area (Å²) in [5, 5.41) is 9.06. The Kier molecular flexibility index (Phi) is 6.45. The van der Waals surface area contributed by atoms with Crippen molar-refractivity contribution >= 4 is 15.9 Å². The number of carbonyl (C=O) groups excluding carboxylic acids is 1. The minimum atomic E-state index is -3.96. The lowest BCUT2D eigenvalue weighted by molar-refractivity contribution is -0.141. The van der Waals surface area contributed by atoms with Crippen LogP contribution in [0, 0.1) is 0 Å². The molecule has 2 aliphatic rings. The molecule has 1 heterocycles. The molecule has 27 heavy (non-hydrogen) atoms. The summed E-state index contributed by atoms with van der Waals surface area (Å²) in [6.07, 6.45) is 2.27. The molecule has 10 heteroatoms. The molecule has 1 aliphatic heterocycles. The lowest BCUT2D eigenvalue weighted by Gasteiger charge is -2.34. The second kappa shape index (κ2) is 8.63. The monoisotopic (exact) mass is 399 g/mol. The maximum atomic E-state index is 13.0. The van der Waals surface area contributed by atoms with Gasteiger partial charge in [0.2, 0.25) is 0 Å². The number of benzene rings is 1. The van der Waals surface area contributed by atoms with Crippen molar-refractivity contribution in [3.05, 3.63) is 29.8 Å². The van der Waals surface area contributed by atoms with E-state index in [2.05, 4.69) is 0 Å². The SMILES string of the molecule is CON(C[C@@H](C(=O)NO)N1CCOCC1)S(=O)(=O)c1ccc(C2CC2)cc1. The van der Waals surface area contributed by atoms with Crippen LogP contribution >= 0.6 is 0 Å². The van der Waals surface area contributed by atoms with Crippen molar-refractivity contribution < 1.29 is 28.0 Å². The minimum Gasteiger partial charge on any atom is -0.379 e. The molecule has 2 N–H and O–H groups in total. The van der Waals surface area contributed by atoms with Crippen LogP contribution in [-0.2, 0) is 24.4 Å². The lowest BCUT2D eigenvalue weighted by Crippen LogP contribution is -2.55. The standard InChI is InChI=1S/C17H25N3O6S/c1-25-20(12-16(17(21)18-22)19-8-10-26-11-9-19)27(23,24)15-6-4-14(5-7-15)13-2-3-13/h4-7,13,16,22H,2-3,8-12H2,1H3,(H,18,21)/t16-/m0/s1. The molecule has 9 nitrogen and oxygen atoms in total. The van der Waals surface area contributed by atoms with Gasteiger partial charge in [-0.3, -0.25) is 19.7 Å². The first-order chi connectivity index (χ1) is 13.0. The first-order valence-electron chi connectivity index (χ1n) is 8.90. The highest BCUT2D eigenvalue weighted by Crippen LogP contribution is 2.40. The predicted octanol–water partition coefficient (Wildman–Crippen LogP) is 0.322. The van der Waals surface area contributed by atoms with Crippen LogP contribution in [0.25, 0.3) is 0 Å². The quantitative estimate of drug-likeness (QED) is 0.479. The number of hydroxylamine groups is 2. The summed E-state index contributed by atoms with van der Waals surface area (Å²) < 4.78 is 32.0. The Bertz CT molecular complexity index is 744. The average Bonchev–Trinajstić information content (AvgIpc) is 3.54. The van der Waals surface area contributed by atoms with Crippen LogP contribution in [0.5, 0.6) is 0 Å². The van der Waals surface area contributed by atoms with Gasteiger partial charge in [0.1, 0.15) is 6.04 Å². The molecular formula is C17H25N3O6S. The minimum absolute atomic E-state index is 0.0962. The summed E-state index contributed by atoms with van der Waals surface area (Å²) in [4.78, 5) is 19.1. The maximum absolute atomic E-state index is 13.0. The van der Waals surface area contributed by atoms with Gasteiger partial charge in [-0.25, -0.2) is 13.9 Å². The van der Waals surface area contributed by atoms with E-state index in [0.29, 0.717) is 32.2 Å². The van der Waals surface area contributed by atoms with Crippen molar-refractivity contribution in [2.75, 3.05) is 40.0 Å². The number of sulfonamides is 1. The van der Waals surface area contributed by atoms with Crippen molar-refractivity contribution in [3.8, 4) is 0 Å². The Morgan fingerprint density at radius 1 is 1.33 bits per heavy atom. The fourth-order valence-corrected chi connectivity index (χ4v) is 4.43. The van der Waals surface area contributed by atoms with Crippen LogP contribution in [0.3, 0.4) is 0 Å². The van der Waals surface area contributed by atoms with Gasteiger partial charge in [-0.05, 0) is 36.5 Å². The number of morpholine rings is 1. The normalized spacial score (nSPS) is 19.8. The lowest BCUT2D eigenvalue weighted by atomic mass is 10.1. The molecule has 2 fully saturated rings. The van der Waals surface area contributed by atoms with Gasteiger partial charge >= 0.3 is 0 Å². The van der Waals surface area contributed by atoms with Crippen LogP contribution in [0.15, 0.2) is 29.2 Å². The van der Waals surface area contributed by atoms with E-state index in [-0.39, 0.29) is 11.4 Å². The molecule has 1 aromatic carbocycles. The Morgan fingerprint density at radius 2 is 1.96 bits per heavy atom. The van der Waals surface area contributed by atoms with E-state index in [1.54, 1.807) is 22.5 Å². The van der Waals surface area contributed by atoms with Crippen LogP contribution in [0.4, 0.5) is 0 Å². The number of hydrogen-bond donors (Lipinski definition) is 2. The molecule has 0 spiro atoms. The molecule has 0 aromatic heterocycles. The van der Waals surface area contributed by atoms with Crippen LogP contribution < -0.4 is 5.48 Å². The predicted molar refractivity (Wildman–Crippen MR) is 95.4 cm³/mol. The summed E-state index contributed by atoms with van der Waals surface area (Å²) >= 11 is 0. The van der Waals surface area contributed by atoms with Crippen LogP contribution in [-0.4, -0.2) is 74.9 Å². The molecule has 1 aliphatic carbocycles. The third-order valence-corrected chi connectivity index (χ3v) is 6.62. The van der Waals surface area contributed by atoms with Crippen molar-refractivity contribution in [1.82, 2.24) is 14.8 Å². The van der Waals surface area contributed by atoms with Crippen molar-refractivity contribution in [3.63, 3.8) is 0 Å². The van der Waals surface area contributed by atoms with Crippen LogP contribution in [0.1, 0.15) is 24.3 Å². The molecular weight excluding hydrogens is 374 g/mol. The van der Waals surface area contributed by atoms with Gasteiger partial charge in [0, 0.05) is 13.1 Å².